The average molecular weight is 305 g/mol. The minimum atomic E-state index is -0.368. The smallest absolute Gasteiger partial charge is 0.257 e. The summed E-state index contributed by atoms with van der Waals surface area (Å²) >= 11 is 0. The van der Waals surface area contributed by atoms with E-state index in [-0.39, 0.29) is 11.7 Å². The number of hydrogen-bond acceptors (Lipinski definition) is 2. The van der Waals surface area contributed by atoms with Crippen molar-refractivity contribution in [2.45, 2.75) is 12.8 Å². The molecule has 23 heavy (non-hydrogen) atoms. The van der Waals surface area contributed by atoms with E-state index in [9.17, 15) is 9.18 Å². The standard InChI is InChI=1S/C18H12FN3O/c19-12-5-6-14-17-15(12)10(3-1-7-20)9-11(13-4-2-8-21-13)16(17)18(23)22-14/h2,4-6,8-9,21H,1,3H2,(H,22,23). The van der Waals surface area contributed by atoms with Gasteiger partial charge in [-0.1, -0.05) is 0 Å². The SMILES string of the molecule is N#CCCc1cc(-c2ccc[nH]2)c2c3c(ccc(F)c13)NC2=O. The van der Waals surface area contributed by atoms with E-state index in [0.29, 0.717) is 34.9 Å². The van der Waals surface area contributed by atoms with Gasteiger partial charge in [0.25, 0.3) is 5.91 Å². The van der Waals surface area contributed by atoms with Crippen molar-refractivity contribution < 1.29 is 9.18 Å². The average Bonchev–Trinajstić information content (AvgIpc) is 3.18. The molecule has 0 aliphatic carbocycles. The lowest BCUT2D eigenvalue weighted by Gasteiger charge is -2.12. The van der Waals surface area contributed by atoms with Gasteiger partial charge in [0.15, 0.2) is 0 Å². The van der Waals surface area contributed by atoms with Gasteiger partial charge in [0.05, 0.1) is 11.6 Å². The molecule has 2 N–H and O–H groups in total. The Kier molecular flexibility index (Phi) is 2.91. The number of aromatic nitrogens is 1. The van der Waals surface area contributed by atoms with E-state index in [2.05, 4.69) is 16.4 Å². The first kappa shape index (κ1) is 13.5. The number of aryl methyl sites for hydroxylation is 1. The molecule has 2 aromatic carbocycles. The van der Waals surface area contributed by atoms with Crippen molar-refractivity contribution in [3.8, 4) is 17.3 Å². The molecule has 2 heterocycles. The number of aromatic amines is 1. The number of H-pyrrole nitrogens is 1. The van der Waals surface area contributed by atoms with Crippen molar-refractivity contribution in [3.63, 3.8) is 0 Å². The predicted molar refractivity (Wildman–Crippen MR) is 85.6 cm³/mol. The first-order chi connectivity index (χ1) is 11.2. The molecule has 112 valence electrons. The summed E-state index contributed by atoms with van der Waals surface area (Å²) in [6.07, 6.45) is 2.51. The van der Waals surface area contributed by atoms with E-state index in [1.807, 2.05) is 18.2 Å². The highest BCUT2D eigenvalue weighted by Crippen LogP contribution is 2.41. The van der Waals surface area contributed by atoms with Crippen LogP contribution in [0.2, 0.25) is 0 Å². The number of nitriles is 1. The van der Waals surface area contributed by atoms with Crippen LogP contribution >= 0.6 is 0 Å². The number of carbonyl (C=O) groups is 1. The zero-order chi connectivity index (χ0) is 16.0. The Hall–Kier alpha value is -3.13. The van der Waals surface area contributed by atoms with Crippen molar-refractivity contribution in [2.24, 2.45) is 0 Å². The summed E-state index contributed by atoms with van der Waals surface area (Å²) in [5.41, 5.74) is 3.38. The molecule has 0 saturated carbocycles. The number of nitrogens with zero attached hydrogens (tertiary/aromatic N) is 1. The number of nitrogens with one attached hydrogen (secondary N) is 2. The summed E-state index contributed by atoms with van der Waals surface area (Å²) in [7, 11) is 0. The second-order valence-corrected chi connectivity index (χ2v) is 5.50. The lowest BCUT2D eigenvalue weighted by atomic mass is 9.91. The molecule has 3 aromatic rings. The zero-order valence-corrected chi connectivity index (χ0v) is 12.1. The number of halogens is 1. The fourth-order valence-corrected chi connectivity index (χ4v) is 3.23. The third-order valence-corrected chi connectivity index (χ3v) is 4.18. The minimum absolute atomic E-state index is 0.230. The van der Waals surface area contributed by atoms with Crippen LogP contribution < -0.4 is 5.32 Å². The van der Waals surface area contributed by atoms with E-state index in [0.717, 1.165) is 16.8 Å². The van der Waals surface area contributed by atoms with Crippen LogP contribution in [-0.4, -0.2) is 10.9 Å². The molecule has 0 saturated heterocycles. The molecule has 0 radical (unpaired) electrons. The van der Waals surface area contributed by atoms with E-state index in [1.54, 1.807) is 12.3 Å². The molecule has 4 nitrogen and oxygen atoms in total. The van der Waals surface area contributed by atoms with Crippen molar-refractivity contribution in [3.05, 3.63) is 53.5 Å². The van der Waals surface area contributed by atoms with Gasteiger partial charge in [-0.2, -0.15) is 5.26 Å². The molecule has 0 bridgehead atoms. The zero-order valence-electron chi connectivity index (χ0n) is 12.1. The van der Waals surface area contributed by atoms with E-state index in [1.165, 1.54) is 6.07 Å². The summed E-state index contributed by atoms with van der Waals surface area (Å²) < 4.78 is 14.4. The maximum absolute atomic E-state index is 14.4. The number of hydrogen-bond donors (Lipinski definition) is 2. The molecule has 0 atom stereocenters. The number of rotatable bonds is 3. The molecule has 1 aliphatic heterocycles. The van der Waals surface area contributed by atoms with Crippen LogP contribution in [-0.2, 0) is 6.42 Å². The van der Waals surface area contributed by atoms with Gasteiger partial charge in [-0.25, -0.2) is 4.39 Å². The minimum Gasteiger partial charge on any atom is -0.361 e. The first-order valence-corrected chi connectivity index (χ1v) is 7.31. The van der Waals surface area contributed by atoms with Gasteiger partial charge in [-0.05, 0) is 42.3 Å². The molecule has 0 unspecified atom stereocenters. The first-order valence-electron chi connectivity index (χ1n) is 7.31. The van der Waals surface area contributed by atoms with Crippen molar-refractivity contribution in [2.75, 3.05) is 5.32 Å². The lowest BCUT2D eigenvalue weighted by molar-refractivity contribution is 0.103. The summed E-state index contributed by atoms with van der Waals surface area (Å²) in [5, 5.41) is 12.7. The highest BCUT2D eigenvalue weighted by Gasteiger charge is 2.28. The molecule has 1 aliphatic rings. The molecule has 0 fully saturated rings. The summed E-state index contributed by atoms with van der Waals surface area (Å²) in [6.45, 7) is 0. The second kappa shape index (κ2) is 4.96. The Labute approximate surface area is 131 Å². The highest BCUT2D eigenvalue weighted by molar-refractivity contribution is 6.27. The Bertz CT molecular complexity index is 984. The predicted octanol–water partition coefficient (Wildman–Crippen LogP) is 4.00. The van der Waals surface area contributed by atoms with Crippen molar-refractivity contribution >= 4 is 22.4 Å². The molecule has 1 amide bonds. The monoisotopic (exact) mass is 305 g/mol. The molecule has 5 heteroatoms. The number of carbonyl (C=O) groups excluding carboxylic acids is 1. The van der Waals surface area contributed by atoms with Gasteiger partial charge in [-0.3, -0.25) is 4.79 Å². The van der Waals surface area contributed by atoms with Crippen LogP contribution in [0.3, 0.4) is 0 Å². The van der Waals surface area contributed by atoms with Gasteiger partial charge >= 0.3 is 0 Å². The van der Waals surface area contributed by atoms with Gasteiger partial charge in [0, 0.05) is 40.3 Å². The van der Waals surface area contributed by atoms with Crippen LogP contribution in [0.25, 0.3) is 22.0 Å². The maximum Gasteiger partial charge on any atom is 0.257 e. The van der Waals surface area contributed by atoms with Crippen LogP contribution in [0.4, 0.5) is 10.1 Å². The van der Waals surface area contributed by atoms with Crippen LogP contribution in [0.1, 0.15) is 22.3 Å². The van der Waals surface area contributed by atoms with Gasteiger partial charge in [0.1, 0.15) is 5.82 Å². The number of benzene rings is 2. The molecule has 0 spiro atoms. The Morgan fingerprint density at radius 3 is 2.83 bits per heavy atom. The molecular weight excluding hydrogens is 293 g/mol. The second-order valence-electron chi connectivity index (χ2n) is 5.50. The maximum atomic E-state index is 14.4. The molecule has 4 rings (SSSR count). The summed E-state index contributed by atoms with van der Waals surface area (Å²) in [6, 6.07) is 10.6. The normalized spacial score (nSPS) is 12.4. The van der Waals surface area contributed by atoms with Crippen LogP contribution in [0, 0.1) is 17.1 Å². The van der Waals surface area contributed by atoms with Crippen LogP contribution in [0.15, 0.2) is 36.5 Å². The topological polar surface area (TPSA) is 68.7 Å². The molecule has 1 aromatic heterocycles. The third-order valence-electron chi connectivity index (χ3n) is 4.18. The fraction of sp³-hybridized carbons (Fsp3) is 0.111. The Morgan fingerprint density at radius 1 is 1.22 bits per heavy atom. The van der Waals surface area contributed by atoms with Gasteiger partial charge in [0.2, 0.25) is 0 Å². The van der Waals surface area contributed by atoms with Gasteiger partial charge in [-0.15, -0.1) is 0 Å². The summed E-state index contributed by atoms with van der Waals surface area (Å²) in [5.74, 6) is -0.598. The third kappa shape index (κ3) is 1.92. The quantitative estimate of drug-likeness (QED) is 0.768. The Balaban J connectivity index is 2.12. The lowest BCUT2D eigenvalue weighted by Crippen LogP contribution is -2.06. The van der Waals surface area contributed by atoms with E-state index >= 15 is 0 Å². The van der Waals surface area contributed by atoms with E-state index < -0.39 is 0 Å². The van der Waals surface area contributed by atoms with Crippen molar-refractivity contribution in [1.82, 2.24) is 4.98 Å². The highest BCUT2D eigenvalue weighted by atomic mass is 19.1. The number of amides is 1. The Morgan fingerprint density at radius 2 is 2.09 bits per heavy atom. The largest absolute Gasteiger partial charge is 0.361 e. The molecular formula is C18H12FN3O. The summed E-state index contributed by atoms with van der Waals surface area (Å²) in [4.78, 5) is 15.5. The van der Waals surface area contributed by atoms with Crippen LogP contribution in [0.5, 0.6) is 0 Å². The van der Waals surface area contributed by atoms with Crippen molar-refractivity contribution in [1.29, 1.82) is 5.26 Å². The van der Waals surface area contributed by atoms with E-state index in [4.69, 9.17) is 5.26 Å². The fourth-order valence-electron chi connectivity index (χ4n) is 3.23. The number of anilines is 1. The van der Waals surface area contributed by atoms with Gasteiger partial charge < -0.3 is 10.3 Å².